The first-order valence-electron chi connectivity index (χ1n) is 5.19. The van der Waals surface area contributed by atoms with Crippen molar-refractivity contribution in [1.29, 1.82) is 0 Å². The minimum atomic E-state index is -4.04. The first-order chi connectivity index (χ1) is 9.01. The fraction of sp³-hybridized carbons (Fsp3) is 0.444. The quantitative estimate of drug-likeness (QED) is 0.733. The molecule has 1 aromatic heterocycles. The van der Waals surface area contributed by atoms with E-state index in [9.17, 15) is 21.6 Å². The molecule has 0 saturated carbocycles. The van der Waals surface area contributed by atoms with Crippen molar-refractivity contribution < 1.29 is 26.7 Å². The molecular formula is C9H12ClNO6S3. The van der Waals surface area contributed by atoms with E-state index in [0.29, 0.717) is 0 Å². The lowest BCUT2D eigenvalue weighted by Gasteiger charge is -2.13. The number of nitrogens with one attached hydrogen (secondary N) is 1. The standard InChI is InChI=1S/C9H12ClNO6S3/c1-19(14,15)5-4-6(9(12)13)11-20(16,17)8-3-2-7(10)18-8/h2-3,6,11H,4-5H2,1H3,(H,12,13). The molecule has 0 bridgehead atoms. The maximum absolute atomic E-state index is 11.9. The molecule has 0 spiro atoms. The Hall–Kier alpha value is -0.680. The number of halogens is 1. The number of hydrogen-bond donors (Lipinski definition) is 2. The van der Waals surface area contributed by atoms with E-state index in [0.717, 1.165) is 17.6 Å². The molecule has 0 aliphatic heterocycles. The Morgan fingerprint density at radius 1 is 1.40 bits per heavy atom. The molecule has 1 rings (SSSR count). The number of thiophene rings is 1. The van der Waals surface area contributed by atoms with E-state index in [1.54, 1.807) is 0 Å². The molecule has 20 heavy (non-hydrogen) atoms. The van der Waals surface area contributed by atoms with Crippen molar-refractivity contribution in [3.8, 4) is 0 Å². The average Bonchev–Trinajstić information content (AvgIpc) is 2.70. The van der Waals surface area contributed by atoms with Gasteiger partial charge in [0.1, 0.15) is 20.1 Å². The second-order valence-corrected chi connectivity index (χ2v) is 9.90. The van der Waals surface area contributed by atoms with E-state index < -0.39 is 37.6 Å². The zero-order valence-corrected chi connectivity index (χ0v) is 13.4. The second-order valence-electron chi connectivity index (χ2n) is 3.99. The number of carbonyl (C=O) groups is 1. The Bertz CT molecular complexity index is 693. The average molecular weight is 362 g/mol. The van der Waals surface area contributed by atoms with E-state index in [2.05, 4.69) is 0 Å². The summed E-state index contributed by atoms with van der Waals surface area (Å²) in [6.07, 6.45) is 0.589. The molecule has 11 heteroatoms. The number of rotatable bonds is 7. The van der Waals surface area contributed by atoms with Crippen molar-refractivity contribution >= 4 is 48.8 Å². The zero-order chi connectivity index (χ0) is 15.6. The molecule has 0 amide bonds. The highest BCUT2D eigenvalue weighted by atomic mass is 35.5. The monoisotopic (exact) mass is 361 g/mol. The number of carboxylic acids is 1. The van der Waals surface area contributed by atoms with Crippen LogP contribution in [-0.4, -0.2) is 46.0 Å². The minimum absolute atomic E-state index is 0.131. The van der Waals surface area contributed by atoms with E-state index in [-0.39, 0.29) is 15.0 Å². The van der Waals surface area contributed by atoms with Crippen LogP contribution >= 0.6 is 22.9 Å². The molecule has 0 radical (unpaired) electrons. The fourth-order valence-electron chi connectivity index (χ4n) is 1.25. The van der Waals surface area contributed by atoms with Crippen LogP contribution in [0, 0.1) is 0 Å². The van der Waals surface area contributed by atoms with Crippen molar-refractivity contribution in [2.75, 3.05) is 12.0 Å². The third kappa shape index (κ3) is 5.37. The topological polar surface area (TPSA) is 118 Å². The van der Waals surface area contributed by atoms with E-state index in [1.807, 2.05) is 4.72 Å². The van der Waals surface area contributed by atoms with Crippen molar-refractivity contribution in [1.82, 2.24) is 4.72 Å². The lowest BCUT2D eigenvalue weighted by molar-refractivity contribution is -0.139. The summed E-state index contributed by atoms with van der Waals surface area (Å²) in [5.74, 6) is -1.88. The third-order valence-electron chi connectivity index (χ3n) is 2.19. The predicted molar refractivity (Wildman–Crippen MR) is 75.4 cm³/mol. The molecule has 1 heterocycles. The van der Waals surface area contributed by atoms with Gasteiger partial charge in [0.15, 0.2) is 0 Å². The summed E-state index contributed by atoms with van der Waals surface area (Å²) in [5.41, 5.74) is 0. The summed E-state index contributed by atoms with van der Waals surface area (Å²) in [4.78, 5) is 11.0. The summed E-state index contributed by atoms with van der Waals surface area (Å²) in [6.45, 7) is 0. The van der Waals surface area contributed by atoms with Crippen LogP contribution in [0.25, 0.3) is 0 Å². The lowest BCUT2D eigenvalue weighted by Crippen LogP contribution is -2.41. The van der Waals surface area contributed by atoms with Crippen molar-refractivity contribution in [3.63, 3.8) is 0 Å². The Kier molecular flexibility index (Phi) is 5.55. The van der Waals surface area contributed by atoms with Crippen LogP contribution in [0.15, 0.2) is 16.3 Å². The molecule has 1 unspecified atom stereocenters. The maximum Gasteiger partial charge on any atom is 0.321 e. The van der Waals surface area contributed by atoms with Crippen molar-refractivity contribution in [2.24, 2.45) is 0 Å². The van der Waals surface area contributed by atoms with E-state index in [1.165, 1.54) is 12.1 Å². The molecule has 1 atom stereocenters. The molecule has 0 aliphatic carbocycles. The van der Waals surface area contributed by atoms with Gasteiger partial charge in [-0.05, 0) is 18.6 Å². The van der Waals surface area contributed by atoms with E-state index in [4.69, 9.17) is 16.7 Å². The summed E-state index contributed by atoms with van der Waals surface area (Å²) < 4.78 is 47.9. The number of sulfone groups is 1. The summed E-state index contributed by atoms with van der Waals surface area (Å²) >= 11 is 6.39. The molecule has 114 valence electrons. The fourth-order valence-corrected chi connectivity index (χ4v) is 4.64. The smallest absolute Gasteiger partial charge is 0.321 e. The third-order valence-corrected chi connectivity index (χ3v) is 6.36. The van der Waals surface area contributed by atoms with Gasteiger partial charge < -0.3 is 5.11 Å². The Balaban J connectivity index is 2.88. The second kappa shape index (κ2) is 6.39. The van der Waals surface area contributed by atoms with Crippen molar-refractivity contribution in [3.05, 3.63) is 16.5 Å². The SMILES string of the molecule is CS(=O)(=O)CCC(NS(=O)(=O)c1ccc(Cl)s1)C(=O)O. The molecular weight excluding hydrogens is 350 g/mol. The van der Waals surface area contributed by atoms with Crippen LogP contribution in [0.4, 0.5) is 0 Å². The Morgan fingerprint density at radius 3 is 2.40 bits per heavy atom. The number of carboxylic acid groups (broad SMARTS) is 1. The zero-order valence-electron chi connectivity index (χ0n) is 10.2. The molecule has 0 fully saturated rings. The molecule has 0 saturated heterocycles. The van der Waals surface area contributed by atoms with Gasteiger partial charge in [0, 0.05) is 6.26 Å². The predicted octanol–water partition coefficient (Wildman–Crippen LogP) is 0.568. The highest BCUT2D eigenvalue weighted by molar-refractivity contribution is 7.91. The summed E-state index contributed by atoms with van der Waals surface area (Å²) in [5, 5.41) is 8.94. The Labute approximate surface area is 125 Å². The van der Waals surface area contributed by atoms with Crippen LogP contribution in [-0.2, 0) is 24.7 Å². The highest BCUT2D eigenvalue weighted by Gasteiger charge is 2.27. The molecule has 2 N–H and O–H groups in total. The van der Waals surface area contributed by atoms with Crippen LogP contribution in [0.1, 0.15) is 6.42 Å². The largest absolute Gasteiger partial charge is 0.480 e. The van der Waals surface area contributed by atoms with Gasteiger partial charge in [0.05, 0.1) is 10.1 Å². The Morgan fingerprint density at radius 2 is 2.00 bits per heavy atom. The molecule has 1 aromatic rings. The number of hydrogen-bond acceptors (Lipinski definition) is 6. The summed E-state index contributed by atoms with van der Waals surface area (Å²) in [7, 11) is -7.43. The van der Waals surface area contributed by atoms with Gasteiger partial charge in [0.25, 0.3) is 10.0 Å². The van der Waals surface area contributed by atoms with Gasteiger partial charge in [-0.15, -0.1) is 11.3 Å². The van der Waals surface area contributed by atoms with Gasteiger partial charge in [0.2, 0.25) is 0 Å². The minimum Gasteiger partial charge on any atom is -0.480 e. The van der Waals surface area contributed by atoms with Gasteiger partial charge in [-0.3, -0.25) is 4.79 Å². The van der Waals surface area contributed by atoms with Gasteiger partial charge in [-0.2, -0.15) is 4.72 Å². The van der Waals surface area contributed by atoms with Crippen LogP contribution in [0.2, 0.25) is 4.34 Å². The van der Waals surface area contributed by atoms with Gasteiger partial charge >= 0.3 is 5.97 Å². The van der Waals surface area contributed by atoms with Crippen LogP contribution in [0.3, 0.4) is 0 Å². The van der Waals surface area contributed by atoms with Gasteiger partial charge in [-0.25, -0.2) is 16.8 Å². The first-order valence-corrected chi connectivity index (χ1v) is 9.93. The lowest BCUT2D eigenvalue weighted by atomic mass is 10.2. The number of sulfonamides is 1. The maximum atomic E-state index is 11.9. The molecule has 0 aromatic carbocycles. The highest BCUT2D eigenvalue weighted by Crippen LogP contribution is 2.25. The summed E-state index contributed by atoms with van der Waals surface area (Å²) in [6, 6.07) is 1.09. The normalized spacial score (nSPS) is 14.1. The van der Waals surface area contributed by atoms with Crippen LogP contribution < -0.4 is 4.72 Å². The molecule has 0 aliphatic rings. The number of aliphatic carboxylic acids is 1. The van der Waals surface area contributed by atoms with Crippen molar-refractivity contribution in [2.45, 2.75) is 16.7 Å². The molecule has 7 nitrogen and oxygen atoms in total. The first kappa shape index (κ1) is 17.4. The van der Waals surface area contributed by atoms with E-state index >= 15 is 0 Å². The van der Waals surface area contributed by atoms with Crippen LogP contribution in [0.5, 0.6) is 0 Å². The van der Waals surface area contributed by atoms with Gasteiger partial charge in [-0.1, -0.05) is 11.6 Å².